The molecule has 0 amide bonds. The first-order chi connectivity index (χ1) is 21.4. The van der Waals surface area contributed by atoms with Gasteiger partial charge in [0.1, 0.15) is 17.3 Å². The van der Waals surface area contributed by atoms with Crippen LogP contribution >= 0.6 is 12.4 Å². The molecule has 0 radical (unpaired) electrons. The topological polar surface area (TPSA) is 29.5 Å². The van der Waals surface area contributed by atoms with Crippen molar-refractivity contribution in [2.75, 3.05) is 20.2 Å². The lowest BCUT2D eigenvalue weighted by Crippen LogP contribution is -2.36. The summed E-state index contributed by atoms with van der Waals surface area (Å²) in [5.41, 5.74) is 7.51. The Hall–Kier alpha value is -3.47. The summed E-state index contributed by atoms with van der Waals surface area (Å²) in [5.74, 6) is 1.00. The van der Waals surface area contributed by atoms with Crippen LogP contribution in [0.2, 0.25) is 0 Å². The van der Waals surface area contributed by atoms with Crippen molar-refractivity contribution < 1.29 is 13.9 Å². The number of benzene rings is 4. The lowest BCUT2D eigenvalue weighted by atomic mass is 9.68. The van der Waals surface area contributed by atoms with Crippen molar-refractivity contribution in [3.63, 3.8) is 0 Å². The van der Waals surface area contributed by atoms with Gasteiger partial charge in [0, 0.05) is 30.8 Å². The molecule has 0 aromatic heterocycles. The van der Waals surface area contributed by atoms with Crippen molar-refractivity contribution in [1.82, 2.24) is 4.90 Å². The standard InChI is InChI=1S/C40H46FNO2.ClH/c1-30-28-33-23-27-42(31(2)38(33)29-39(30)44-3)26-11-25-40(34-12-6-4-7-13-34,35-14-8-5-9-15-35)24-10-16-37(43)22-19-32-17-20-36(41)21-18-32;/h4-9,12-15,17-18,20-21,28-29,31H,10-11,16,19,22-27H2,1-3H3;1H. The molecule has 3 nitrogen and oxygen atoms in total. The number of methoxy groups -OCH3 is 1. The van der Waals surface area contributed by atoms with Crippen molar-refractivity contribution >= 4 is 18.2 Å². The molecule has 0 aliphatic carbocycles. The van der Waals surface area contributed by atoms with Gasteiger partial charge in [0.25, 0.3) is 0 Å². The van der Waals surface area contributed by atoms with E-state index in [1.807, 2.05) is 0 Å². The van der Waals surface area contributed by atoms with E-state index in [1.54, 1.807) is 19.2 Å². The van der Waals surface area contributed by atoms with Gasteiger partial charge in [0.15, 0.2) is 0 Å². The summed E-state index contributed by atoms with van der Waals surface area (Å²) < 4.78 is 18.9. The highest BCUT2D eigenvalue weighted by atomic mass is 35.5. The van der Waals surface area contributed by atoms with Crippen molar-refractivity contribution in [2.24, 2.45) is 0 Å². The van der Waals surface area contributed by atoms with Gasteiger partial charge in [-0.2, -0.15) is 0 Å². The number of fused-ring (bicyclic) bond motifs is 1. The summed E-state index contributed by atoms with van der Waals surface area (Å²) in [4.78, 5) is 15.6. The molecule has 1 heterocycles. The normalized spacial score (nSPS) is 14.8. The van der Waals surface area contributed by atoms with Crippen LogP contribution in [-0.4, -0.2) is 30.9 Å². The van der Waals surface area contributed by atoms with Crippen LogP contribution in [0, 0.1) is 12.7 Å². The zero-order valence-corrected chi connectivity index (χ0v) is 27.8. The summed E-state index contributed by atoms with van der Waals surface area (Å²) >= 11 is 0. The maximum atomic E-state index is 13.3. The first kappa shape index (κ1) is 34.4. The molecule has 4 aromatic rings. The number of nitrogens with zero attached hydrogens (tertiary/aromatic N) is 1. The average molecular weight is 628 g/mol. The zero-order chi connectivity index (χ0) is 30.9. The molecule has 1 unspecified atom stereocenters. The van der Waals surface area contributed by atoms with Crippen molar-refractivity contribution in [2.45, 2.75) is 76.7 Å². The van der Waals surface area contributed by atoms with Crippen LogP contribution in [0.3, 0.4) is 0 Å². The summed E-state index contributed by atoms with van der Waals surface area (Å²) in [7, 11) is 1.76. The number of ether oxygens (including phenoxy) is 1. The molecule has 5 rings (SSSR count). The number of aryl methyl sites for hydroxylation is 2. The smallest absolute Gasteiger partial charge is 0.133 e. The minimum Gasteiger partial charge on any atom is -0.496 e. The molecule has 0 fully saturated rings. The number of carbonyl (C=O) groups is 1. The lowest BCUT2D eigenvalue weighted by molar-refractivity contribution is -0.119. The molecule has 0 N–H and O–H groups in total. The minimum atomic E-state index is -0.242. The fourth-order valence-electron chi connectivity index (χ4n) is 7.16. The third-order valence-electron chi connectivity index (χ3n) is 9.69. The third-order valence-corrected chi connectivity index (χ3v) is 9.69. The first-order valence-corrected chi connectivity index (χ1v) is 16.2. The highest BCUT2D eigenvalue weighted by Gasteiger charge is 2.34. The number of Topliss-reactive ketones (excluding diaryl/α,β-unsaturated/α-hetero) is 1. The maximum Gasteiger partial charge on any atom is 0.133 e. The number of hydrogen-bond acceptors (Lipinski definition) is 3. The maximum absolute atomic E-state index is 13.3. The Labute approximate surface area is 275 Å². The molecule has 1 atom stereocenters. The molecule has 1 aliphatic rings. The number of carbonyl (C=O) groups excluding carboxylic acids is 1. The summed E-state index contributed by atoms with van der Waals surface area (Å²) in [6, 6.07) is 33.1. The predicted octanol–water partition coefficient (Wildman–Crippen LogP) is 9.62. The molecule has 238 valence electrons. The molecular weight excluding hydrogens is 581 g/mol. The Kier molecular flexibility index (Phi) is 12.4. The lowest BCUT2D eigenvalue weighted by Gasteiger charge is -2.39. The van der Waals surface area contributed by atoms with Crippen LogP contribution in [0.1, 0.15) is 84.9 Å². The monoisotopic (exact) mass is 627 g/mol. The van der Waals surface area contributed by atoms with Gasteiger partial charge < -0.3 is 4.74 Å². The van der Waals surface area contributed by atoms with E-state index in [2.05, 4.69) is 91.5 Å². The van der Waals surface area contributed by atoms with Crippen LogP contribution in [0.5, 0.6) is 5.75 Å². The average Bonchev–Trinajstić information content (AvgIpc) is 3.05. The molecular formula is C40H47ClFNO2. The van der Waals surface area contributed by atoms with Crippen LogP contribution in [0.25, 0.3) is 0 Å². The first-order valence-electron chi connectivity index (χ1n) is 16.2. The van der Waals surface area contributed by atoms with Crippen molar-refractivity contribution in [3.05, 3.63) is 136 Å². The van der Waals surface area contributed by atoms with Crippen molar-refractivity contribution in [3.8, 4) is 5.75 Å². The van der Waals surface area contributed by atoms with E-state index in [-0.39, 0.29) is 29.4 Å². The largest absolute Gasteiger partial charge is 0.496 e. The van der Waals surface area contributed by atoms with E-state index in [9.17, 15) is 9.18 Å². The van der Waals surface area contributed by atoms with E-state index < -0.39 is 0 Å². The number of halogens is 2. The highest BCUT2D eigenvalue weighted by Crippen LogP contribution is 2.42. The Morgan fingerprint density at radius 1 is 0.889 bits per heavy atom. The van der Waals surface area contributed by atoms with E-state index in [4.69, 9.17) is 4.74 Å². The summed E-state index contributed by atoms with van der Waals surface area (Å²) in [5, 5.41) is 0. The molecule has 4 aromatic carbocycles. The second kappa shape index (κ2) is 16.2. The van der Waals surface area contributed by atoms with Gasteiger partial charge in [-0.25, -0.2) is 4.39 Å². The zero-order valence-electron chi connectivity index (χ0n) is 26.9. The minimum absolute atomic E-state index is 0. The number of rotatable bonds is 14. The molecule has 5 heteroatoms. The van der Waals surface area contributed by atoms with Gasteiger partial charge >= 0.3 is 0 Å². The SMILES string of the molecule is COc1cc2c(cc1C)CCN(CCCC(CCCC(=O)CCc1ccc(F)cc1)(c1ccccc1)c1ccccc1)C2C.Cl. The highest BCUT2D eigenvalue weighted by molar-refractivity contribution is 5.85. The molecule has 0 spiro atoms. The van der Waals surface area contributed by atoms with Gasteiger partial charge in [-0.05, 0) is 110 Å². The van der Waals surface area contributed by atoms with Gasteiger partial charge in [-0.3, -0.25) is 9.69 Å². The summed E-state index contributed by atoms with van der Waals surface area (Å²) in [6.07, 6.45) is 6.59. The second-order valence-corrected chi connectivity index (χ2v) is 12.4. The van der Waals surface area contributed by atoms with Gasteiger partial charge in [0.05, 0.1) is 7.11 Å². The fraction of sp³-hybridized carbons (Fsp3) is 0.375. The Morgan fingerprint density at radius 2 is 1.51 bits per heavy atom. The molecule has 0 saturated heterocycles. The molecule has 45 heavy (non-hydrogen) atoms. The van der Waals surface area contributed by atoms with E-state index in [0.29, 0.717) is 25.3 Å². The van der Waals surface area contributed by atoms with E-state index in [1.165, 1.54) is 39.9 Å². The van der Waals surface area contributed by atoms with Crippen LogP contribution in [0.4, 0.5) is 4.39 Å². The van der Waals surface area contributed by atoms with Crippen LogP contribution in [0.15, 0.2) is 97.1 Å². The number of ketones is 1. The van der Waals surface area contributed by atoms with Gasteiger partial charge in [-0.1, -0.05) is 78.9 Å². The Morgan fingerprint density at radius 3 is 2.13 bits per heavy atom. The summed E-state index contributed by atoms with van der Waals surface area (Å²) in [6.45, 7) is 6.54. The van der Waals surface area contributed by atoms with Crippen LogP contribution < -0.4 is 4.74 Å². The second-order valence-electron chi connectivity index (χ2n) is 12.4. The van der Waals surface area contributed by atoms with E-state index in [0.717, 1.165) is 56.5 Å². The number of hydrogen-bond donors (Lipinski definition) is 0. The molecule has 0 saturated carbocycles. The fourth-order valence-corrected chi connectivity index (χ4v) is 7.16. The van der Waals surface area contributed by atoms with Crippen LogP contribution in [-0.2, 0) is 23.1 Å². The third kappa shape index (κ3) is 8.42. The quantitative estimate of drug-likeness (QED) is 0.139. The van der Waals surface area contributed by atoms with Gasteiger partial charge in [0.2, 0.25) is 0 Å². The van der Waals surface area contributed by atoms with Crippen molar-refractivity contribution in [1.29, 1.82) is 0 Å². The molecule has 1 aliphatic heterocycles. The van der Waals surface area contributed by atoms with E-state index >= 15 is 0 Å². The molecule has 0 bridgehead atoms. The Bertz CT molecular complexity index is 1470. The predicted molar refractivity (Wildman–Crippen MR) is 185 cm³/mol. The Balaban J connectivity index is 0.00000461. The van der Waals surface area contributed by atoms with Gasteiger partial charge in [-0.15, -0.1) is 12.4 Å².